The summed E-state index contributed by atoms with van der Waals surface area (Å²) in [5.74, 6) is 0.981. The van der Waals surface area contributed by atoms with Crippen molar-refractivity contribution in [2.45, 2.75) is 45.1 Å². The van der Waals surface area contributed by atoms with Crippen LogP contribution in [0.2, 0.25) is 0 Å². The second-order valence-corrected chi connectivity index (χ2v) is 5.40. The second kappa shape index (κ2) is 5.61. The van der Waals surface area contributed by atoms with Gasteiger partial charge >= 0.3 is 0 Å². The van der Waals surface area contributed by atoms with Crippen molar-refractivity contribution in [3.8, 4) is 0 Å². The summed E-state index contributed by atoms with van der Waals surface area (Å²) in [6, 6.07) is 0.645. The van der Waals surface area contributed by atoms with Crippen LogP contribution in [0.4, 0.5) is 0 Å². The fourth-order valence-electron chi connectivity index (χ4n) is 2.22. The first-order valence-corrected chi connectivity index (χ1v) is 6.88. The van der Waals surface area contributed by atoms with Crippen LogP contribution >= 0.6 is 11.3 Å². The van der Waals surface area contributed by atoms with Gasteiger partial charge in [-0.15, -0.1) is 11.3 Å². The molecule has 1 aromatic heterocycles. The van der Waals surface area contributed by atoms with Crippen LogP contribution in [0.5, 0.6) is 0 Å². The lowest BCUT2D eigenvalue weighted by atomic mass is 9.80. The number of likely N-dealkylation sites (N-methyl/N-ethyl adjacent to an activating group) is 1. The van der Waals surface area contributed by atoms with Crippen molar-refractivity contribution in [1.82, 2.24) is 10.3 Å². The molecule has 1 fully saturated rings. The Morgan fingerprint density at radius 2 is 2.47 bits per heavy atom. The molecule has 0 amide bonds. The summed E-state index contributed by atoms with van der Waals surface area (Å²) in [6.45, 7) is 3.26. The fourth-order valence-corrected chi connectivity index (χ4v) is 2.92. The van der Waals surface area contributed by atoms with Crippen LogP contribution in [0.1, 0.15) is 37.6 Å². The minimum absolute atomic E-state index is 0.645. The summed E-state index contributed by atoms with van der Waals surface area (Å²) < 4.78 is 0. The Kier molecular flexibility index (Phi) is 4.15. The second-order valence-electron chi connectivity index (χ2n) is 4.42. The highest BCUT2D eigenvalue weighted by molar-refractivity contribution is 7.09. The Balaban J connectivity index is 1.81. The minimum atomic E-state index is 0.645. The summed E-state index contributed by atoms with van der Waals surface area (Å²) in [5, 5.41) is 6.94. The molecule has 15 heavy (non-hydrogen) atoms. The van der Waals surface area contributed by atoms with Gasteiger partial charge in [-0.2, -0.15) is 0 Å². The van der Waals surface area contributed by atoms with Crippen molar-refractivity contribution in [2.75, 3.05) is 6.54 Å². The number of hydrogen-bond donors (Lipinski definition) is 1. The van der Waals surface area contributed by atoms with E-state index in [1.54, 1.807) is 11.3 Å². The third kappa shape index (κ3) is 3.28. The van der Waals surface area contributed by atoms with E-state index in [0.717, 1.165) is 18.9 Å². The molecule has 0 aromatic carbocycles. The molecule has 0 spiro atoms. The van der Waals surface area contributed by atoms with Gasteiger partial charge in [0.1, 0.15) is 0 Å². The van der Waals surface area contributed by atoms with Crippen molar-refractivity contribution in [3.63, 3.8) is 0 Å². The maximum absolute atomic E-state index is 4.37. The third-order valence-electron chi connectivity index (χ3n) is 3.24. The highest BCUT2D eigenvalue weighted by atomic mass is 32.1. The molecule has 0 saturated heterocycles. The Morgan fingerprint density at radius 1 is 1.60 bits per heavy atom. The molecule has 2 nitrogen and oxygen atoms in total. The molecular formula is C12H20N2S. The van der Waals surface area contributed by atoms with E-state index in [9.17, 15) is 0 Å². The van der Waals surface area contributed by atoms with Gasteiger partial charge in [-0.1, -0.05) is 26.2 Å². The van der Waals surface area contributed by atoms with Crippen LogP contribution in [-0.4, -0.2) is 17.6 Å². The normalized spacial score (nSPS) is 18.7. The summed E-state index contributed by atoms with van der Waals surface area (Å²) in [5.41, 5.74) is 0. The quantitative estimate of drug-likeness (QED) is 0.803. The van der Waals surface area contributed by atoms with Crippen molar-refractivity contribution in [3.05, 3.63) is 16.6 Å². The average Bonchev–Trinajstić information content (AvgIpc) is 2.64. The van der Waals surface area contributed by atoms with E-state index in [0.29, 0.717) is 6.04 Å². The van der Waals surface area contributed by atoms with E-state index in [4.69, 9.17) is 0 Å². The lowest BCUT2D eigenvalue weighted by molar-refractivity contribution is 0.260. The van der Waals surface area contributed by atoms with Gasteiger partial charge in [0.2, 0.25) is 0 Å². The van der Waals surface area contributed by atoms with E-state index in [1.165, 1.54) is 30.7 Å². The van der Waals surface area contributed by atoms with Crippen LogP contribution < -0.4 is 5.32 Å². The van der Waals surface area contributed by atoms with Crippen LogP contribution in [0, 0.1) is 5.92 Å². The number of nitrogens with zero attached hydrogens (tertiary/aromatic N) is 1. The van der Waals surface area contributed by atoms with Crippen LogP contribution in [0.3, 0.4) is 0 Å². The molecule has 3 heteroatoms. The highest BCUT2D eigenvalue weighted by Crippen LogP contribution is 2.31. The van der Waals surface area contributed by atoms with E-state index < -0.39 is 0 Å². The van der Waals surface area contributed by atoms with Gasteiger partial charge < -0.3 is 5.32 Å². The number of aromatic nitrogens is 1. The number of nitrogens with one attached hydrogen (secondary N) is 1. The predicted octanol–water partition coefficient (Wildman–Crippen LogP) is 2.85. The Hall–Kier alpha value is -0.410. The molecule has 0 bridgehead atoms. The molecule has 1 saturated carbocycles. The van der Waals surface area contributed by atoms with Gasteiger partial charge in [0.05, 0.1) is 5.01 Å². The Bertz CT molecular complexity index is 267. The molecule has 84 valence electrons. The first-order valence-electron chi connectivity index (χ1n) is 6.00. The largest absolute Gasteiger partial charge is 0.314 e. The molecule has 1 atom stereocenters. The third-order valence-corrected chi connectivity index (χ3v) is 4.04. The van der Waals surface area contributed by atoms with E-state index in [-0.39, 0.29) is 0 Å². The average molecular weight is 224 g/mol. The lowest BCUT2D eigenvalue weighted by Crippen LogP contribution is -2.34. The van der Waals surface area contributed by atoms with Gasteiger partial charge in [0, 0.05) is 24.0 Å². The van der Waals surface area contributed by atoms with Crippen LogP contribution in [0.15, 0.2) is 11.6 Å². The van der Waals surface area contributed by atoms with Crippen LogP contribution in [0.25, 0.3) is 0 Å². The lowest BCUT2D eigenvalue weighted by Gasteiger charge is -2.29. The number of thiazole rings is 1. The Labute approximate surface area is 96.1 Å². The van der Waals surface area contributed by atoms with E-state index in [2.05, 4.69) is 22.6 Å². The van der Waals surface area contributed by atoms with Crippen LogP contribution in [-0.2, 0) is 6.42 Å². The molecule has 0 radical (unpaired) electrons. The standard InChI is InChI=1S/C12H20N2S/c1-2-13-11(8-10-4-3-5-10)9-12-14-6-7-15-12/h6-7,10-11,13H,2-5,8-9H2,1H3. The highest BCUT2D eigenvalue weighted by Gasteiger charge is 2.22. The van der Waals surface area contributed by atoms with Crippen molar-refractivity contribution in [2.24, 2.45) is 5.92 Å². The predicted molar refractivity (Wildman–Crippen MR) is 65.2 cm³/mol. The smallest absolute Gasteiger partial charge is 0.0940 e. The van der Waals surface area contributed by atoms with Crippen molar-refractivity contribution >= 4 is 11.3 Å². The van der Waals surface area contributed by atoms with Gasteiger partial charge in [-0.25, -0.2) is 4.98 Å². The van der Waals surface area contributed by atoms with Crippen molar-refractivity contribution < 1.29 is 0 Å². The zero-order valence-corrected chi connectivity index (χ0v) is 10.2. The fraction of sp³-hybridized carbons (Fsp3) is 0.750. The molecular weight excluding hydrogens is 204 g/mol. The maximum Gasteiger partial charge on any atom is 0.0940 e. The summed E-state index contributed by atoms with van der Waals surface area (Å²) >= 11 is 1.78. The molecule has 2 rings (SSSR count). The topological polar surface area (TPSA) is 24.9 Å². The molecule has 1 unspecified atom stereocenters. The monoisotopic (exact) mass is 224 g/mol. The zero-order valence-electron chi connectivity index (χ0n) is 9.41. The number of rotatable bonds is 6. The SMILES string of the molecule is CCNC(Cc1nccs1)CC1CCC1. The molecule has 1 aliphatic rings. The Morgan fingerprint density at radius 3 is 3.00 bits per heavy atom. The molecule has 0 aliphatic heterocycles. The van der Waals surface area contributed by atoms with Gasteiger partial charge in [-0.05, 0) is 18.9 Å². The van der Waals surface area contributed by atoms with Gasteiger partial charge in [0.15, 0.2) is 0 Å². The van der Waals surface area contributed by atoms with Crippen molar-refractivity contribution in [1.29, 1.82) is 0 Å². The maximum atomic E-state index is 4.37. The summed E-state index contributed by atoms with van der Waals surface area (Å²) in [7, 11) is 0. The van der Waals surface area contributed by atoms with E-state index in [1.807, 2.05) is 6.20 Å². The zero-order chi connectivity index (χ0) is 10.5. The molecule has 1 heterocycles. The first-order chi connectivity index (χ1) is 7.38. The molecule has 1 N–H and O–H groups in total. The van der Waals surface area contributed by atoms with Gasteiger partial charge in [0.25, 0.3) is 0 Å². The summed E-state index contributed by atoms with van der Waals surface area (Å²) in [6.07, 6.45) is 8.70. The minimum Gasteiger partial charge on any atom is -0.314 e. The van der Waals surface area contributed by atoms with Gasteiger partial charge in [-0.3, -0.25) is 0 Å². The molecule has 1 aromatic rings. The summed E-state index contributed by atoms with van der Waals surface area (Å²) in [4.78, 5) is 4.37. The molecule has 1 aliphatic carbocycles. The number of hydrogen-bond acceptors (Lipinski definition) is 3. The van der Waals surface area contributed by atoms with E-state index >= 15 is 0 Å². The first kappa shape index (κ1) is 11.1.